The summed E-state index contributed by atoms with van der Waals surface area (Å²) in [5, 5.41) is 1.09. The van der Waals surface area contributed by atoms with Crippen molar-refractivity contribution in [3.63, 3.8) is 0 Å². The number of fused-ring (bicyclic) bond motifs is 3. The minimum Gasteiger partial charge on any atom is -0.358 e. The molecule has 0 saturated carbocycles. The highest BCUT2D eigenvalue weighted by atomic mass is 32.2. The monoisotopic (exact) mass is 367 g/mol. The molecule has 3 nitrogen and oxygen atoms in total. The fourth-order valence-electron chi connectivity index (χ4n) is 4.04. The molecule has 0 atom stereocenters. The zero-order chi connectivity index (χ0) is 18.1. The summed E-state index contributed by atoms with van der Waals surface area (Å²) in [7, 11) is -3.36. The Morgan fingerprint density at radius 2 is 1.77 bits per heavy atom. The minimum atomic E-state index is -3.36. The van der Waals surface area contributed by atoms with E-state index in [1.54, 1.807) is 6.07 Å². The predicted molar refractivity (Wildman–Crippen MR) is 106 cm³/mol. The van der Waals surface area contributed by atoms with E-state index >= 15 is 0 Å². The van der Waals surface area contributed by atoms with Crippen LogP contribution in [-0.4, -0.2) is 13.4 Å². The van der Waals surface area contributed by atoms with Gasteiger partial charge in [-0.1, -0.05) is 42.7 Å². The second-order valence-electron chi connectivity index (χ2n) is 7.45. The summed E-state index contributed by atoms with van der Waals surface area (Å²) in [6, 6.07) is 13.3. The Hall–Kier alpha value is -2.07. The van der Waals surface area contributed by atoms with E-state index in [2.05, 4.69) is 4.98 Å². The third kappa shape index (κ3) is 3.43. The quantitative estimate of drug-likeness (QED) is 0.699. The van der Waals surface area contributed by atoms with Gasteiger partial charge in [-0.05, 0) is 61.9 Å². The number of sulfone groups is 1. The number of rotatable bonds is 3. The third-order valence-electron chi connectivity index (χ3n) is 5.37. The summed E-state index contributed by atoms with van der Waals surface area (Å²) >= 11 is 0. The summed E-state index contributed by atoms with van der Waals surface area (Å²) in [6.45, 7) is 1.99. The molecule has 0 fully saturated rings. The van der Waals surface area contributed by atoms with Crippen molar-refractivity contribution in [1.82, 2.24) is 4.98 Å². The molecule has 0 radical (unpaired) electrons. The van der Waals surface area contributed by atoms with Crippen LogP contribution >= 0.6 is 0 Å². The number of hydrogen-bond acceptors (Lipinski definition) is 2. The van der Waals surface area contributed by atoms with E-state index in [-0.39, 0.29) is 5.75 Å². The van der Waals surface area contributed by atoms with Gasteiger partial charge in [0.15, 0.2) is 9.84 Å². The van der Waals surface area contributed by atoms with Crippen LogP contribution in [0.4, 0.5) is 0 Å². The van der Waals surface area contributed by atoms with Crippen molar-refractivity contribution in [1.29, 1.82) is 0 Å². The summed E-state index contributed by atoms with van der Waals surface area (Å²) < 4.78 is 25.9. The molecule has 1 aromatic heterocycles. The van der Waals surface area contributed by atoms with Crippen molar-refractivity contribution in [2.24, 2.45) is 0 Å². The maximum atomic E-state index is 13.0. The first-order valence-corrected chi connectivity index (χ1v) is 11.1. The maximum Gasteiger partial charge on any atom is 0.182 e. The highest BCUT2D eigenvalue weighted by Crippen LogP contribution is 2.30. The van der Waals surface area contributed by atoms with E-state index < -0.39 is 9.84 Å². The average Bonchev–Trinajstić information content (AvgIpc) is 2.90. The lowest BCUT2D eigenvalue weighted by atomic mass is 9.97. The van der Waals surface area contributed by atoms with Gasteiger partial charge in [0, 0.05) is 16.6 Å². The molecule has 0 amide bonds. The number of aryl methyl sites for hydroxylation is 3. The molecule has 1 heterocycles. The molecule has 0 aliphatic heterocycles. The molecule has 26 heavy (non-hydrogen) atoms. The van der Waals surface area contributed by atoms with E-state index in [1.807, 2.05) is 43.3 Å². The molecule has 0 saturated heterocycles. The van der Waals surface area contributed by atoms with Crippen molar-refractivity contribution in [3.05, 3.63) is 64.8 Å². The highest BCUT2D eigenvalue weighted by molar-refractivity contribution is 7.90. The zero-order valence-electron chi connectivity index (χ0n) is 15.2. The van der Waals surface area contributed by atoms with Crippen LogP contribution in [0.3, 0.4) is 0 Å². The lowest BCUT2D eigenvalue weighted by Crippen LogP contribution is -2.05. The largest absolute Gasteiger partial charge is 0.358 e. The molecule has 0 spiro atoms. The first-order chi connectivity index (χ1) is 12.5. The van der Waals surface area contributed by atoms with Crippen molar-refractivity contribution >= 4 is 20.7 Å². The van der Waals surface area contributed by atoms with Gasteiger partial charge < -0.3 is 4.98 Å². The van der Waals surface area contributed by atoms with Gasteiger partial charge in [-0.3, -0.25) is 0 Å². The van der Waals surface area contributed by atoms with Crippen LogP contribution in [0.5, 0.6) is 0 Å². The predicted octanol–water partition coefficient (Wildman–Crippen LogP) is 5.11. The average molecular weight is 368 g/mol. The van der Waals surface area contributed by atoms with Gasteiger partial charge in [0.25, 0.3) is 0 Å². The molecular formula is C22H25NO2S. The highest BCUT2D eigenvalue weighted by Gasteiger charge is 2.19. The van der Waals surface area contributed by atoms with Crippen molar-refractivity contribution in [2.75, 3.05) is 0 Å². The van der Waals surface area contributed by atoms with Crippen LogP contribution in [0.1, 0.15) is 48.1 Å². The van der Waals surface area contributed by atoms with Crippen LogP contribution in [0.15, 0.2) is 47.4 Å². The number of hydrogen-bond donors (Lipinski definition) is 1. The molecule has 4 rings (SSSR count). The minimum absolute atomic E-state index is 0.0484. The number of benzene rings is 2. The SMILES string of the molecule is Cc1cccc(CS(=O)(=O)c2ccc3[nH]c4c(c3c2)CCCCCC4)c1. The van der Waals surface area contributed by atoms with Gasteiger partial charge in [0.1, 0.15) is 0 Å². The fraction of sp³-hybridized carbons (Fsp3) is 0.364. The van der Waals surface area contributed by atoms with E-state index in [1.165, 1.54) is 36.9 Å². The summed E-state index contributed by atoms with van der Waals surface area (Å²) in [5.74, 6) is 0.0484. The number of aromatic amines is 1. The van der Waals surface area contributed by atoms with Gasteiger partial charge in [0.05, 0.1) is 10.6 Å². The third-order valence-corrected chi connectivity index (χ3v) is 7.05. The van der Waals surface area contributed by atoms with Crippen molar-refractivity contribution < 1.29 is 8.42 Å². The second-order valence-corrected chi connectivity index (χ2v) is 9.44. The Balaban J connectivity index is 1.73. The molecule has 1 N–H and O–H groups in total. The fourth-order valence-corrected chi connectivity index (χ4v) is 5.39. The molecule has 1 aliphatic carbocycles. The van der Waals surface area contributed by atoms with Crippen molar-refractivity contribution in [3.8, 4) is 0 Å². The smallest absolute Gasteiger partial charge is 0.182 e. The van der Waals surface area contributed by atoms with E-state index in [9.17, 15) is 8.42 Å². The van der Waals surface area contributed by atoms with Crippen LogP contribution < -0.4 is 0 Å². The van der Waals surface area contributed by atoms with Gasteiger partial charge in [-0.2, -0.15) is 0 Å². The standard InChI is InChI=1S/C22H25NO2S/c1-16-7-6-8-17(13-16)15-26(24,25)18-11-12-22-20(14-18)19-9-4-2-3-5-10-21(19)23-22/h6-8,11-14,23H,2-5,9-10,15H2,1H3. The van der Waals surface area contributed by atoms with Crippen LogP contribution in [-0.2, 0) is 28.4 Å². The molecule has 0 bridgehead atoms. The first kappa shape index (κ1) is 17.3. The molecular weight excluding hydrogens is 342 g/mol. The lowest BCUT2D eigenvalue weighted by Gasteiger charge is -2.10. The Labute approximate surface area is 155 Å². The Morgan fingerprint density at radius 3 is 2.58 bits per heavy atom. The summed E-state index contributed by atoms with van der Waals surface area (Å²) in [5.41, 5.74) is 5.61. The molecule has 136 valence electrons. The second kappa shape index (κ2) is 6.92. The Kier molecular flexibility index (Phi) is 4.62. The zero-order valence-corrected chi connectivity index (χ0v) is 16.0. The molecule has 4 heteroatoms. The summed E-state index contributed by atoms with van der Waals surface area (Å²) in [6.07, 6.45) is 7.03. The Bertz CT molecular complexity index is 1050. The van der Waals surface area contributed by atoms with Crippen molar-refractivity contribution in [2.45, 2.75) is 56.1 Å². The van der Waals surface area contributed by atoms with Gasteiger partial charge >= 0.3 is 0 Å². The lowest BCUT2D eigenvalue weighted by molar-refractivity contribution is 0.595. The maximum absolute atomic E-state index is 13.0. The molecule has 0 unspecified atom stereocenters. The number of nitrogens with one attached hydrogen (secondary N) is 1. The van der Waals surface area contributed by atoms with Gasteiger partial charge in [-0.15, -0.1) is 0 Å². The van der Waals surface area contributed by atoms with Crippen LogP contribution in [0.25, 0.3) is 10.9 Å². The Morgan fingerprint density at radius 1 is 0.962 bits per heavy atom. The number of aromatic nitrogens is 1. The molecule has 3 aromatic rings. The first-order valence-electron chi connectivity index (χ1n) is 9.45. The molecule has 1 aliphatic rings. The van der Waals surface area contributed by atoms with E-state index in [4.69, 9.17) is 0 Å². The molecule has 2 aromatic carbocycles. The van der Waals surface area contributed by atoms with Gasteiger partial charge in [-0.25, -0.2) is 8.42 Å². The normalized spacial score (nSPS) is 15.4. The van der Waals surface area contributed by atoms with Crippen LogP contribution in [0, 0.1) is 6.92 Å². The van der Waals surface area contributed by atoms with Crippen LogP contribution in [0.2, 0.25) is 0 Å². The van der Waals surface area contributed by atoms with E-state index in [0.717, 1.165) is 34.9 Å². The number of H-pyrrole nitrogens is 1. The van der Waals surface area contributed by atoms with Gasteiger partial charge in [0.2, 0.25) is 0 Å². The van der Waals surface area contributed by atoms with E-state index in [0.29, 0.717) is 4.90 Å². The topological polar surface area (TPSA) is 49.9 Å². The summed E-state index contributed by atoms with van der Waals surface area (Å²) in [4.78, 5) is 3.95.